The van der Waals surface area contributed by atoms with Gasteiger partial charge in [-0.15, -0.1) is 0 Å². The van der Waals surface area contributed by atoms with E-state index in [2.05, 4.69) is 4.74 Å². The van der Waals surface area contributed by atoms with Crippen molar-refractivity contribution in [2.45, 2.75) is 11.8 Å². The highest BCUT2D eigenvalue weighted by atomic mass is 35.5. The predicted molar refractivity (Wildman–Crippen MR) is 103 cm³/mol. The van der Waals surface area contributed by atoms with Crippen LogP contribution in [0.4, 0.5) is 5.69 Å². The zero-order chi connectivity index (χ0) is 20.2. The lowest BCUT2D eigenvalue weighted by atomic mass is 10.2. The van der Waals surface area contributed by atoms with Gasteiger partial charge in [0.05, 0.1) is 42.5 Å². The average Bonchev–Trinajstić information content (AvgIpc) is 2.68. The molecule has 2 aromatic rings. The number of benzene rings is 2. The average molecular weight is 414 g/mol. The van der Waals surface area contributed by atoms with Gasteiger partial charge in [-0.3, -0.25) is 4.31 Å². The van der Waals surface area contributed by atoms with Gasteiger partial charge in [0.2, 0.25) is 0 Å². The van der Waals surface area contributed by atoms with Crippen LogP contribution in [-0.4, -0.2) is 42.3 Å². The topological polar surface area (TPSA) is 82.1 Å². The fourth-order valence-corrected chi connectivity index (χ4v) is 4.21. The molecule has 0 radical (unpaired) electrons. The Morgan fingerprint density at radius 2 is 1.70 bits per heavy atom. The number of nitrogens with zero attached hydrogens (tertiary/aromatic N) is 1. The van der Waals surface area contributed by atoms with Gasteiger partial charge in [0.1, 0.15) is 0 Å². The van der Waals surface area contributed by atoms with Crippen molar-refractivity contribution in [1.82, 2.24) is 0 Å². The Labute approximate surface area is 163 Å². The number of methoxy groups -OCH3 is 3. The number of sulfonamides is 1. The molecular formula is C18H20ClNO6S. The van der Waals surface area contributed by atoms with E-state index in [0.29, 0.717) is 11.5 Å². The van der Waals surface area contributed by atoms with Crippen LogP contribution in [0.3, 0.4) is 0 Å². The van der Waals surface area contributed by atoms with E-state index < -0.39 is 16.0 Å². The second kappa shape index (κ2) is 8.49. The summed E-state index contributed by atoms with van der Waals surface area (Å²) in [4.78, 5) is 11.9. The fraction of sp³-hybridized carbons (Fsp3) is 0.278. The molecule has 0 saturated heterocycles. The molecule has 2 rings (SSSR count). The van der Waals surface area contributed by atoms with Crippen molar-refractivity contribution >= 4 is 33.3 Å². The van der Waals surface area contributed by atoms with E-state index in [-0.39, 0.29) is 27.7 Å². The minimum absolute atomic E-state index is 0.0246. The molecule has 7 nitrogen and oxygen atoms in total. The van der Waals surface area contributed by atoms with Gasteiger partial charge >= 0.3 is 5.97 Å². The van der Waals surface area contributed by atoms with E-state index in [1.807, 2.05) is 0 Å². The van der Waals surface area contributed by atoms with Crippen LogP contribution >= 0.6 is 11.6 Å². The quantitative estimate of drug-likeness (QED) is 0.647. The Hall–Kier alpha value is -2.45. The summed E-state index contributed by atoms with van der Waals surface area (Å²) in [7, 11) is 0.193. The van der Waals surface area contributed by atoms with Crippen molar-refractivity contribution in [3.63, 3.8) is 0 Å². The maximum Gasteiger partial charge on any atom is 0.339 e. The first kappa shape index (κ1) is 20.9. The monoisotopic (exact) mass is 413 g/mol. The third-order valence-electron chi connectivity index (χ3n) is 3.87. The molecule has 146 valence electrons. The number of esters is 1. The molecule has 0 amide bonds. The first-order valence-electron chi connectivity index (χ1n) is 7.92. The standard InChI is InChI=1S/C18H20ClNO6S/c1-5-20(12-6-8-15(19)14(10-12)18(21)26-4)27(22,23)13-7-9-16(24-2)17(11-13)25-3/h6-11H,5H2,1-4H3. The largest absolute Gasteiger partial charge is 0.493 e. The van der Waals surface area contributed by atoms with E-state index >= 15 is 0 Å². The van der Waals surface area contributed by atoms with Gasteiger partial charge in [-0.05, 0) is 37.3 Å². The summed E-state index contributed by atoms with van der Waals surface area (Å²) in [6, 6.07) is 8.69. The van der Waals surface area contributed by atoms with Gasteiger partial charge in [0.25, 0.3) is 10.0 Å². The number of ether oxygens (including phenoxy) is 3. The van der Waals surface area contributed by atoms with Crippen molar-refractivity contribution in [1.29, 1.82) is 0 Å². The van der Waals surface area contributed by atoms with E-state index in [1.54, 1.807) is 6.92 Å². The van der Waals surface area contributed by atoms with Crippen molar-refractivity contribution in [3.05, 3.63) is 47.0 Å². The van der Waals surface area contributed by atoms with Gasteiger partial charge in [-0.1, -0.05) is 11.6 Å². The lowest BCUT2D eigenvalue weighted by molar-refractivity contribution is 0.0601. The second-order valence-corrected chi connectivity index (χ2v) is 7.61. The van der Waals surface area contributed by atoms with Crippen LogP contribution in [-0.2, 0) is 14.8 Å². The van der Waals surface area contributed by atoms with E-state index in [0.717, 1.165) is 4.31 Å². The molecule has 0 heterocycles. The molecule has 0 N–H and O–H groups in total. The van der Waals surface area contributed by atoms with Gasteiger partial charge in [0, 0.05) is 12.6 Å². The summed E-state index contributed by atoms with van der Waals surface area (Å²) >= 11 is 6.02. The minimum Gasteiger partial charge on any atom is -0.493 e. The third-order valence-corrected chi connectivity index (χ3v) is 6.10. The van der Waals surface area contributed by atoms with E-state index in [4.69, 9.17) is 21.1 Å². The molecule has 0 aliphatic heterocycles. The SMILES string of the molecule is CCN(c1ccc(Cl)c(C(=O)OC)c1)S(=O)(=O)c1ccc(OC)c(OC)c1. The van der Waals surface area contributed by atoms with E-state index in [1.165, 1.54) is 57.7 Å². The van der Waals surface area contributed by atoms with Crippen LogP contribution in [0.2, 0.25) is 5.02 Å². The molecule has 0 saturated carbocycles. The first-order chi connectivity index (χ1) is 12.8. The third kappa shape index (κ3) is 4.12. The zero-order valence-electron chi connectivity index (χ0n) is 15.4. The fourth-order valence-electron chi connectivity index (χ4n) is 2.53. The summed E-state index contributed by atoms with van der Waals surface area (Å²) in [5, 5.41) is 0.171. The maximum atomic E-state index is 13.1. The van der Waals surface area contributed by atoms with Crippen LogP contribution in [0.1, 0.15) is 17.3 Å². The molecule has 0 unspecified atom stereocenters. The lowest BCUT2D eigenvalue weighted by Crippen LogP contribution is -2.31. The van der Waals surface area contributed by atoms with Crippen molar-refractivity contribution in [2.75, 3.05) is 32.2 Å². The van der Waals surface area contributed by atoms with Crippen molar-refractivity contribution in [2.24, 2.45) is 0 Å². The maximum absolute atomic E-state index is 13.1. The number of halogens is 1. The molecule has 0 aliphatic carbocycles. The predicted octanol–water partition coefficient (Wildman–Crippen LogP) is 3.36. The summed E-state index contributed by atoms with van der Waals surface area (Å²) in [6.07, 6.45) is 0. The number of carbonyl (C=O) groups is 1. The first-order valence-corrected chi connectivity index (χ1v) is 9.74. The molecule has 0 spiro atoms. The number of hydrogen-bond donors (Lipinski definition) is 0. The second-order valence-electron chi connectivity index (χ2n) is 5.34. The Balaban J connectivity index is 2.55. The summed E-state index contributed by atoms with van der Waals surface area (Å²) in [5.41, 5.74) is 0.370. The minimum atomic E-state index is -3.92. The number of hydrogen-bond acceptors (Lipinski definition) is 6. The lowest BCUT2D eigenvalue weighted by Gasteiger charge is -2.24. The number of carbonyl (C=O) groups excluding carboxylic acids is 1. The van der Waals surface area contributed by atoms with E-state index in [9.17, 15) is 13.2 Å². The Morgan fingerprint density at radius 3 is 2.26 bits per heavy atom. The Morgan fingerprint density at radius 1 is 1.04 bits per heavy atom. The van der Waals surface area contributed by atoms with Gasteiger partial charge < -0.3 is 14.2 Å². The summed E-state index contributed by atoms with van der Waals surface area (Å²) in [5.74, 6) is 0.0568. The van der Waals surface area contributed by atoms with Gasteiger partial charge in [-0.25, -0.2) is 13.2 Å². The highest BCUT2D eigenvalue weighted by Crippen LogP contribution is 2.33. The highest BCUT2D eigenvalue weighted by Gasteiger charge is 2.26. The molecule has 0 atom stereocenters. The molecule has 2 aromatic carbocycles. The van der Waals surface area contributed by atoms with Crippen LogP contribution in [0.25, 0.3) is 0 Å². The normalized spacial score (nSPS) is 11.0. The van der Waals surface area contributed by atoms with Gasteiger partial charge in [0.15, 0.2) is 11.5 Å². The number of rotatable bonds is 7. The van der Waals surface area contributed by atoms with Crippen molar-refractivity contribution < 1.29 is 27.4 Å². The van der Waals surface area contributed by atoms with Gasteiger partial charge in [-0.2, -0.15) is 0 Å². The van der Waals surface area contributed by atoms with Crippen LogP contribution in [0, 0.1) is 0 Å². The molecule has 0 aliphatic rings. The molecule has 9 heteroatoms. The number of anilines is 1. The van der Waals surface area contributed by atoms with Crippen LogP contribution in [0.5, 0.6) is 11.5 Å². The highest BCUT2D eigenvalue weighted by molar-refractivity contribution is 7.92. The zero-order valence-corrected chi connectivity index (χ0v) is 16.9. The van der Waals surface area contributed by atoms with Crippen molar-refractivity contribution in [3.8, 4) is 11.5 Å². The van der Waals surface area contributed by atoms with Crippen LogP contribution < -0.4 is 13.8 Å². The van der Waals surface area contributed by atoms with Crippen LogP contribution in [0.15, 0.2) is 41.3 Å². The Bertz CT molecular complexity index is 945. The summed E-state index contributed by atoms with van der Waals surface area (Å²) < 4.78 is 42.5. The summed E-state index contributed by atoms with van der Waals surface area (Å²) in [6.45, 7) is 1.82. The smallest absolute Gasteiger partial charge is 0.339 e. The molecule has 0 bridgehead atoms. The molecular weight excluding hydrogens is 394 g/mol. The molecule has 27 heavy (non-hydrogen) atoms. The Kier molecular flexibility index (Phi) is 6.56. The molecule has 0 aromatic heterocycles. The molecule has 0 fully saturated rings.